The lowest BCUT2D eigenvalue weighted by atomic mass is 10.3. The Balaban J connectivity index is 2.97. The summed E-state index contributed by atoms with van der Waals surface area (Å²) in [5.41, 5.74) is 1.24. The minimum atomic E-state index is 1.24. The van der Waals surface area contributed by atoms with Gasteiger partial charge in [0.2, 0.25) is 0 Å². The van der Waals surface area contributed by atoms with Crippen LogP contribution in [-0.4, -0.2) is 43.9 Å². The Kier molecular flexibility index (Phi) is 3.89. The molecule has 2 nitrogen and oxygen atoms in total. The summed E-state index contributed by atoms with van der Waals surface area (Å²) in [7, 11) is 8.18. The van der Waals surface area contributed by atoms with E-state index in [9.17, 15) is 0 Å². The molecule has 76 valence electrons. The molecule has 0 N–H and O–H groups in total. The fraction of sp³-hybridized carbons (Fsp3) is 0.364. The van der Waals surface area contributed by atoms with Crippen molar-refractivity contribution < 1.29 is 4.58 Å². The summed E-state index contributed by atoms with van der Waals surface area (Å²) in [6, 6.07) is 4.22. The van der Waals surface area contributed by atoms with Gasteiger partial charge < -0.3 is 4.90 Å². The molecule has 0 fully saturated rings. The van der Waals surface area contributed by atoms with Crippen LogP contribution in [0.25, 0.3) is 5.70 Å². The van der Waals surface area contributed by atoms with Crippen molar-refractivity contribution in [2.75, 3.05) is 28.2 Å². The van der Waals surface area contributed by atoms with Gasteiger partial charge in [-0.3, -0.25) is 0 Å². The van der Waals surface area contributed by atoms with Gasteiger partial charge in [0.25, 0.3) is 0 Å². The lowest BCUT2D eigenvalue weighted by molar-refractivity contribution is -0.458. The van der Waals surface area contributed by atoms with Crippen LogP contribution in [0.1, 0.15) is 4.88 Å². The summed E-state index contributed by atoms with van der Waals surface area (Å²) in [5.74, 6) is 0. The minimum absolute atomic E-state index is 1.24. The van der Waals surface area contributed by atoms with Gasteiger partial charge in [0.05, 0.1) is 10.6 Å². The Morgan fingerprint density at radius 2 is 2.14 bits per heavy atom. The van der Waals surface area contributed by atoms with Crippen LogP contribution in [0.2, 0.25) is 0 Å². The molecule has 0 unspecified atom stereocenters. The summed E-state index contributed by atoms with van der Waals surface area (Å²) in [4.78, 5) is 3.43. The van der Waals surface area contributed by atoms with Crippen LogP contribution < -0.4 is 0 Å². The van der Waals surface area contributed by atoms with Crippen molar-refractivity contribution in [1.29, 1.82) is 0 Å². The molecule has 0 aromatic carbocycles. The van der Waals surface area contributed by atoms with Crippen molar-refractivity contribution in [3.63, 3.8) is 0 Å². The second-order valence-electron chi connectivity index (χ2n) is 3.54. The summed E-state index contributed by atoms with van der Waals surface area (Å²) in [6.07, 6.45) is 4.20. The molecule has 0 saturated heterocycles. The van der Waals surface area contributed by atoms with Crippen LogP contribution in [0.5, 0.6) is 0 Å². The van der Waals surface area contributed by atoms with E-state index in [-0.39, 0.29) is 0 Å². The molecule has 0 atom stereocenters. The average Bonchev–Trinajstić information content (AvgIpc) is 2.56. The number of rotatable bonds is 3. The van der Waals surface area contributed by atoms with Crippen LogP contribution in [0.15, 0.2) is 23.6 Å². The largest absolute Gasteiger partial charge is 0.376 e. The van der Waals surface area contributed by atoms with Gasteiger partial charge in [-0.2, -0.15) is 0 Å². The number of nitrogens with zero attached hydrogens (tertiary/aromatic N) is 2. The first-order chi connectivity index (χ1) is 6.61. The summed E-state index contributed by atoms with van der Waals surface area (Å²) >= 11 is 1.76. The van der Waals surface area contributed by atoms with E-state index >= 15 is 0 Å². The van der Waals surface area contributed by atoms with Crippen molar-refractivity contribution >= 4 is 23.2 Å². The minimum Gasteiger partial charge on any atom is -0.376 e. The third kappa shape index (κ3) is 3.00. The molecule has 3 heteroatoms. The van der Waals surface area contributed by atoms with E-state index in [4.69, 9.17) is 0 Å². The number of thiophene rings is 1. The molecule has 14 heavy (non-hydrogen) atoms. The zero-order valence-corrected chi connectivity index (χ0v) is 10.0. The maximum Gasteiger partial charge on any atom is 0.165 e. The molecule has 0 aliphatic heterocycles. The highest BCUT2D eigenvalue weighted by Crippen LogP contribution is 2.20. The molecule has 0 aliphatic carbocycles. The second kappa shape index (κ2) is 4.96. The second-order valence-corrected chi connectivity index (χ2v) is 4.48. The lowest BCUT2D eigenvalue weighted by Crippen LogP contribution is -2.10. The Bertz CT molecular complexity index is 330. The van der Waals surface area contributed by atoms with E-state index in [0.29, 0.717) is 0 Å². The molecule has 1 rings (SSSR count). The summed E-state index contributed by atoms with van der Waals surface area (Å²) in [6.45, 7) is 0. The highest BCUT2D eigenvalue weighted by Gasteiger charge is 2.04. The van der Waals surface area contributed by atoms with E-state index in [1.165, 1.54) is 10.6 Å². The molecule has 0 bridgehead atoms. The van der Waals surface area contributed by atoms with Gasteiger partial charge in [-0.25, -0.2) is 4.58 Å². The Morgan fingerprint density at radius 3 is 2.57 bits per heavy atom. The van der Waals surface area contributed by atoms with Crippen LogP contribution >= 0.6 is 11.3 Å². The zero-order valence-electron chi connectivity index (χ0n) is 9.19. The lowest BCUT2D eigenvalue weighted by Gasteiger charge is -2.14. The first kappa shape index (κ1) is 11.0. The first-order valence-corrected chi connectivity index (χ1v) is 5.42. The average molecular weight is 209 g/mol. The monoisotopic (exact) mass is 209 g/mol. The van der Waals surface area contributed by atoms with E-state index < -0.39 is 0 Å². The van der Waals surface area contributed by atoms with Gasteiger partial charge >= 0.3 is 0 Å². The predicted molar refractivity (Wildman–Crippen MR) is 64.2 cm³/mol. The van der Waals surface area contributed by atoms with E-state index in [1.807, 2.05) is 18.7 Å². The molecule has 1 aromatic heterocycles. The van der Waals surface area contributed by atoms with E-state index in [1.54, 1.807) is 11.3 Å². The Labute approximate surface area is 89.8 Å². The van der Waals surface area contributed by atoms with E-state index in [0.717, 1.165) is 0 Å². The van der Waals surface area contributed by atoms with Crippen LogP contribution in [0.3, 0.4) is 0 Å². The SMILES string of the molecule is CN(C)/C(=C/C=[N+](C)C)c1cccs1. The van der Waals surface area contributed by atoms with Crippen molar-refractivity contribution in [2.24, 2.45) is 0 Å². The van der Waals surface area contributed by atoms with Crippen LogP contribution in [-0.2, 0) is 0 Å². The zero-order chi connectivity index (χ0) is 10.6. The molecular formula is C11H17N2S+. The fourth-order valence-corrected chi connectivity index (χ4v) is 1.93. The van der Waals surface area contributed by atoms with Crippen molar-refractivity contribution in [3.8, 4) is 0 Å². The molecular weight excluding hydrogens is 192 g/mol. The first-order valence-electron chi connectivity index (χ1n) is 4.54. The molecule has 0 amide bonds. The topological polar surface area (TPSA) is 6.25 Å². The molecule has 0 aliphatic rings. The molecule has 0 radical (unpaired) electrons. The van der Waals surface area contributed by atoms with Gasteiger partial charge in [0.15, 0.2) is 6.21 Å². The maximum absolute atomic E-state index is 2.14. The van der Waals surface area contributed by atoms with Crippen molar-refractivity contribution in [2.45, 2.75) is 0 Å². The van der Waals surface area contributed by atoms with Gasteiger partial charge in [-0.05, 0) is 11.4 Å². The normalized spacial score (nSPS) is 11.3. The smallest absolute Gasteiger partial charge is 0.165 e. The number of hydrogen-bond donors (Lipinski definition) is 0. The standard InChI is InChI=1S/C11H17N2S/c1-12(2)8-7-10(13(3)4)11-6-5-9-14-11/h5-9H,1-4H3/q+1. The molecule has 0 spiro atoms. The molecule has 0 saturated carbocycles. The number of hydrogen-bond acceptors (Lipinski definition) is 2. The highest BCUT2D eigenvalue weighted by molar-refractivity contribution is 7.11. The van der Waals surface area contributed by atoms with Crippen molar-refractivity contribution in [1.82, 2.24) is 4.90 Å². The Morgan fingerprint density at radius 1 is 1.43 bits per heavy atom. The maximum atomic E-state index is 2.14. The third-order valence-corrected chi connectivity index (χ3v) is 2.68. The summed E-state index contributed by atoms with van der Waals surface area (Å²) in [5, 5.41) is 2.10. The Hall–Kier alpha value is -1.09. The van der Waals surface area contributed by atoms with E-state index in [2.05, 4.69) is 48.8 Å². The fourth-order valence-electron chi connectivity index (χ4n) is 1.10. The van der Waals surface area contributed by atoms with Gasteiger partial charge in [-0.1, -0.05) is 6.07 Å². The third-order valence-electron chi connectivity index (χ3n) is 1.79. The van der Waals surface area contributed by atoms with Gasteiger partial charge in [0.1, 0.15) is 14.1 Å². The molecule has 1 aromatic rings. The quantitative estimate of drug-likeness (QED) is 0.545. The summed E-state index contributed by atoms with van der Waals surface area (Å²) < 4.78 is 2.04. The number of allylic oxidation sites excluding steroid dienone is 1. The van der Waals surface area contributed by atoms with Gasteiger partial charge in [-0.15, -0.1) is 11.3 Å². The van der Waals surface area contributed by atoms with Crippen LogP contribution in [0.4, 0.5) is 0 Å². The van der Waals surface area contributed by atoms with Gasteiger partial charge in [0, 0.05) is 20.2 Å². The highest BCUT2D eigenvalue weighted by atomic mass is 32.1. The molecule has 1 heterocycles. The van der Waals surface area contributed by atoms with Crippen LogP contribution in [0, 0.1) is 0 Å². The predicted octanol–water partition coefficient (Wildman–Crippen LogP) is 1.99. The van der Waals surface area contributed by atoms with Crippen molar-refractivity contribution in [3.05, 3.63) is 28.5 Å².